The topological polar surface area (TPSA) is 49.4 Å². The molecule has 0 aliphatic heterocycles. The molecule has 24 heavy (non-hydrogen) atoms. The van der Waals surface area contributed by atoms with Crippen molar-refractivity contribution in [2.45, 2.75) is 6.92 Å². The third kappa shape index (κ3) is 4.52. The van der Waals surface area contributed by atoms with Gasteiger partial charge < -0.3 is 10.2 Å². The van der Waals surface area contributed by atoms with Crippen LogP contribution >= 0.6 is 11.6 Å². The van der Waals surface area contributed by atoms with E-state index < -0.39 is 17.5 Å². The van der Waals surface area contributed by atoms with Crippen LogP contribution in [-0.2, 0) is 4.79 Å². The first-order valence-electron chi connectivity index (χ1n) is 7.15. The quantitative estimate of drug-likeness (QED) is 0.896. The summed E-state index contributed by atoms with van der Waals surface area (Å²) in [6.07, 6.45) is 0. The van der Waals surface area contributed by atoms with Crippen LogP contribution in [0.4, 0.5) is 14.5 Å². The van der Waals surface area contributed by atoms with Gasteiger partial charge in [0.1, 0.15) is 11.6 Å². The molecule has 0 unspecified atom stereocenters. The van der Waals surface area contributed by atoms with Crippen molar-refractivity contribution in [2.24, 2.45) is 0 Å². The van der Waals surface area contributed by atoms with E-state index in [1.807, 2.05) is 0 Å². The maximum atomic E-state index is 13.8. The van der Waals surface area contributed by atoms with Gasteiger partial charge in [0, 0.05) is 36.7 Å². The Kier molecular flexibility index (Phi) is 5.87. The van der Waals surface area contributed by atoms with Crippen LogP contribution in [-0.4, -0.2) is 24.9 Å². The molecule has 0 saturated heterocycles. The molecule has 0 spiro atoms. The Morgan fingerprint density at radius 2 is 1.79 bits per heavy atom. The minimum absolute atomic E-state index is 0.0374. The highest BCUT2D eigenvalue weighted by molar-refractivity contribution is 6.30. The van der Waals surface area contributed by atoms with Crippen LogP contribution in [0.5, 0.6) is 0 Å². The SMILES string of the molecule is CC(=O)N(CCNC(=O)c1ccc(Cl)cc1)c1ccc(F)cc1F. The number of halogens is 3. The van der Waals surface area contributed by atoms with Gasteiger partial charge in [-0.3, -0.25) is 9.59 Å². The second kappa shape index (κ2) is 7.88. The Morgan fingerprint density at radius 1 is 1.12 bits per heavy atom. The summed E-state index contributed by atoms with van der Waals surface area (Å²) >= 11 is 5.75. The lowest BCUT2D eigenvalue weighted by molar-refractivity contribution is -0.116. The first kappa shape index (κ1) is 17.9. The number of hydrogen-bond donors (Lipinski definition) is 1. The van der Waals surface area contributed by atoms with E-state index in [1.54, 1.807) is 24.3 Å². The maximum absolute atomic E-state index is 13.8. The Hall–Kier alpha value is -2.47. The van der Waals surface area contributed by atoms with Gasteiger partial charge in [0.25, 0.3) is 5.91 Å². The van der Waals surface area contributed by atoms with Gasteiger partial charge in [0.15, 0.2) is 0 Å². The second-order valence-corrected chi connectivity index (χ2v) is 5.47. The van der Waals surface area contributed by atoms with Gasteiger partial charge in [-0.15, -0.1) is 0 Å². The summed E-state index contributed by atoms with van der Waals surface area (Å²) < 4.78 is 26.8. The average molecular weight is 353 g/mol. The average Bonchev–Trinajstić information content (AvgIpc) is 2.52. The van der Waals surface area contributed by atoms with Crippen molar-refractivity contribution in [1.29, 1.82) is 0 Å². The monoisotopic (exact) mass is 352 g/mol. The molecule has 0 atom stereocenters. The van der Waals surface area contributed by atoms with Crippen LogP contribution in [0.25, 0.3) is 0 Å². The molecule has 2 rings (SSSR count). The molecule has 0 bridgehead atoms. The molecule has 0 fully saturated rings. The van der Waals surface area contributed by atoms with E-state index in [2.05, 4.69) is 5.32 Å². The number of carbonyl (C=O) groups is 2. The Labute approximate surface area is 143 Å². The molecule has 126 valence electrons. The van der Waals surface area contributed by atoms with E-state index in [1.165, 1.54) is 13.0 Å². The molecule has 0 heterocycles. The predicted octanol–water partition coefficient (Wildman–Crippen LogP) is 3.40. The van der Waals surface area contributed by atoms with Gasteiger partial charge in [-0.1, -0.05) is 11.6 Å². The van der Waals surface area contributed by atoms with Crippen molar-refractivity contribution in [1.82, 2.24) is 5.32 Å². The van der Waals surface area contributed by atoms with Crippen molar-refractivity contribution < 1.29 is 18.4 Å². The summed E-state index contributed by atoms with van der Waals surface area (Å²) in [6.45, 7) is 1.43. The van der Waals surface area contributed by atoms with Crippen LogP contribution in [0, 0.1) is 11.6 Å². The van der Waals surface area contributed by atoms with E-state index >= 15 is 0 Å². The summed E-state index contributed by atoms with van der Waals surface area (Å²) in [5.41, 5.74) is 0.381. The number of nitrogens with one attached hydrogen (secondary N) is 1. The molecule has 0 aromatic heterocycles. The molecular formula is C17H15ClF2N2O2. The highest BCUT2D eigenvalue weighted by Crippen LogP contribution is 2.20. The highest BCUT2D eigenvalue weighted by Gasteiger charge is 2.16. The minimum atomic E-state index is -0.839. The van der Waals surface area contributed by atoms with Crippen LogP contribution in [0.1, 0.15) is 17.3 Å². The minimum Gasteiger partial charge on any atom is -0.350 e. The zero-order valence-electron chi connectivity index (χ0n) is 12.9. The molecule has 7 heteroatoms. The van der Waals surface area contributed by atoms with E-state index in [0.717, 1.165) is 11.0 Å². The molecule has 0 radical (unpaired) electrons. The van der Waals surface area contributed by atoms with Gasteiger partial charge in [0.05, 0.1) is 5.69 Å². The largest absolute Gasteiger partial charge is 0.350 e. The standard InChI is InChI=1S/C17H15ClF2N2O2/c1-11(23)22(16-7-6-14(19)10-15(16)20)9-8-21-17(24)12-2-4-13(18)5-3-12/h2-7,10H,8-9H2,1H3,(H,21,24). The number of carbonyl (C=O) groups excluding carboxylic acids is 2. The van der Waals surface area contributed by atoms with Gasteiger partial charge in [-0.25, -0.2) is 8.78 Å². The third-order valence-electron chi connectivity index (χ3n) is 3.31. The highest BCUT2D eigenvalue weighted by atomic mass is 35.5. The van der Waals surface area contributed by atoms with Gasteiger partial charge in [0.2, 0.25) is 5.91 Å². The van der Waals surface area contributed by atoms with Gasteiger partial charge in [-0.05, 0) is 36.4 Å². The van der Waals surface area contributed by atoms with E-state index in [-0.39, 0.29) is 24.7 Å². The number of nitrogens with zero attached hydrogens (tertiary/aromatic N) is 1. The number of anilines is 1. The summed E-state index contributed by atoms with van der Waals surface area (Å²) in [4.78, 5) is 24.8. The van der Waals surface area contributed by atoms with Crippen molar-refractivity contribution in [2.75, 3.05) is 18.0 Å². The first-order chi connectivity index (χ1) is 11.4. The zero-order chi connectivity index (χ0) is 17.7. The molecule has 4 nitrogen and oxygen atoms in total. The smallest absolute Gasteiger partial charge is 0.251 e. The summed E-state index contributed by atoms with van der Waals surface area (Å²) in [5, 5.41) is 3.15. The summed E-state index contributed by atoms with van der Waals surface area (Å²) in [5.74, 6) is -2.32. The molecule has 0 saturated carbocycles. The molecule has 2 aromatic carbocycles. The van der Waals surface area contributed by atoms with E-state index in [0.29, 0.717) is 16.7 Å². The molecule has 0 aliphatic carbocycles. The number of benzene rings is 2. The molecule has 2 amide bonds. The lowest BCUT2D eigenvalue weighted by atomic mass is 10.2. The normalized spacial score (nSPS) is 10.3. The molecule has 2 aromatic rings. The van der Waals surface area contributed by atoms with E-state index in [9.17, 15) is 18.4 Å². The van der Waals surface area contributed by atoms with Gasteiger partial charge >= 0.3 is 0 Å². The molecule has 0 aliphatic rings. The Morgan fingerprint density at radius 3 is 2.38 bits per heavy atom. The van der Waals surface area contributed by atoms with Crippen molar-refractivity contribution in [3.05, 3.63) is 64.7 Å². The van der Waals surface area contributed by atoms with E-state index in [4.69, 9.17) is 11.6 Å². The number of hydrogen-bond acceptors (Lipinski definition) is 2. The first-order valence-corrected chi connectivity index (χ1v) is 7.53. The van der Waals surface area contributed by atoms with Crippen molar-refractivity contribution in [3.63, 3.8) is 0 Å². The fraction of sp³-hybridized carbons (Fsp3) is 0.176. The third-order valence-corrected chi connectivity index (χ3v) is 3.56. The molecule has 1 N–H and O–H groups in total. The Bertz CT molecular complexity index is 751. The summed E-state index contributed by atoms with van der Waals surface area (Å²) in [7, 11) is 0. The molecular weight excluding hydrogens is 338 g/mol. The Balaban J connectivity index is 2.00. The second-order valence-electron chi connectivity index (χ2n) is 5.03. The fourth-order valence-corrected chi connectivity index (χ4v) is 2.26. The van der Waals surface area contributed by atoms with Crippen molar-refractivity contribution >= 4 is 29.1 Å². The van der Waals surface area contributed by atoms with Gasteiger partial charge in [-0.2, -0.15) is 0 Å². The predicted molar refractivity (Wildman–Crippen MR) is 88.2 cm³/mol. The number of amides is 2. The van der Waals surface area contributed by atoms with Crippen molar-refractivity contribution in [3.8, 4) is 0 Å². The van der Waals surface area contributed by atoms with Crippen LogP contribution in [0.2, 0.25) is 5.02 Å². The lowest BCUT2D eigenvalue weighted by Gasteiger charge is -2.22. The zero-order valence-corrected chi connectivity index (χ0v) is 13.6. The summed E-state index contributed by atoms with van der Waals surface area (Å²) in [6, 6.07) is 9.28. The number of rotatable bonds is 5. The lowest BCUT2D eigenvalue weighted by Crippen LogP contribution is -2.38. The van der Waals surface area contributed by atoms with Crippen LogP contribution < -0.4 is 10.2 Å². The van der Waals surface area contributed by atoms with Crippen LogP contribution in [0.3, 0.4) is 0 Å². The maximum Gasteiger partial charge on any atom is 0.251 e. The fourth-order valence-electron chi connectivity index (χ4n) is 2.13. The van der Waals surface area contributed by atoms with Crippen LogP contribution in [0.15, 0.2) is 42.5 Å².